The molecule has 120 valence electrons. The smallest absolute Gasteiger partial charge is 0.279 e. The van der Waals surface area contributed by atoms with E-state index in [1.807, 2.05) is 0 Å². The number of carbonyl (C=O) groups excluding carboxylic acids is 2. The summed E-state index contributed by atoms with van der Waals surface area (Å²) >= 11 is 0. The van der Waals surface area contributed by atoms with Crippen LogP contribution in [-0.2, 0) is 14.3 Å². The maximum atomic E-state index is 12.8. The zero-order valence-electron chi connectivity index (χ0n) is 12.6. The van der Waals surface area contributed by atoms with Gasteiger partial charge in [-0.3, -0.25) is 9.59 Å². The summed E-state index contributed by atoms with van der Waals surface area (Å²) in [5.74, 6) is -0.462. The predicted octanol–water partition coefficient (Wildman–Crippen LogP) is -0.862. The number of hydrogen-bond donors (Lipinski definition) is 2. The van der Waals surface area contributed by atoms with Crippen molar-refractivity contribution in [2.24, 2.45) is 0 Å². The minimum absolute atomic E-state index is 0.0164. The number of anilines is 1. The number of rotatable bonds is 5. The van der Waals surface area contributed by atoms with Crippen LogP contribution in [0.4, 0.5) is 10.1 Å². The molecule has 0 bridgehead atoms. The minimum Gasteiger partial charge on any atom is -0.375 e. The predicted molar refractivity (Wildman–Crippen MR) is 79.0 cm³/mol. The van der Waals surface area contributed by atoms with Crippen molar-refractivity contribution in [2.75, 3.05) is 51.8 Å². The van der Waals surface area contributed by atoms with Gasteiger partial charge in [0.25, 0.3) is 5.91 Å². The van der Waals surface area contributed by atoms with Crippen molar-refractivity contribution < 1.29 is 23.6 Å². The monoisotopic (exact) mass is 310 g/mol. The molecule has 22 heavy (non-hydrogen) atoms. The first kappa shape index (κ1) is 16.4. The third kappa shape index (κ3) is 4.78. The molecule has 1 aliphatic rings. The molecule has 1 aromatic rings. The number of nitrogens with zero attached hydrogens (tertiary/aromatic N) is 1. The summed E-state index contributed by atoms with van der Waals surface area (Å²) in [6.45, 7) is 3.14. The van der Waals surface area contributed by atoms with Gasteiger partial charge in [0.15, 0.2) is 6.54 Å². The minimum atomic E-state index is -0.333. The molecule has 0 atom stereocenters. The van der Waals surface area contributed by atoms with E-state index in [0.29, 0.717) is 25.3 Å². The normalized spacial score (nSPS) is 15.6. The van der Waals surface area contributed by atoms with Gasteiger partial charge in [-0.1, -0.05) is 0 Å². The molecular formula is C15H21FN3O3+. The van der Waals surface area contributed by atoms with E-state index in [1.54, 1.807) is 4.90 Å². The molecule has 2 amide bonds. The van der Waals surface area contributed by atoms with Crippen molar-refractivity contribution in [2.45, 2.75) is 0 Å². The van der Waals surface area contributed by atoms with Crippen molar-refractivity contribution in [3.8, 4) is 0 Å². The molecule has 6 nitrogen and oxygen atoms in total. The van der Waals surface area contributed by atoms with Gasteiger partial charge in [-0.2, -0.15) is 0 Å². The van der Waals surface area contributed by atoms with Crippen LogP contribution >= 0.6 is 0 Å². The number of nitrogens with one attached hydrogen (secondary N) is 2. The Hall–Kier alpha value is -1.99. The lowest BCUT2D eigenvalue weighted by Crippen LogP contribution is -3.15. The maximum Gasteiger partial charge on any atom is 0.279 e. The van der Waals surface area contributed by atoms with Crippen LogP contribution in [0.15, 0.2) is 24.3 Å². The average molecular weight is 310 g/mol. The van der Waals surface area contributed by atoms with E-state index >= 15 is 0 Å². The average Bonchev–Trinajstić information content (AvgIpc) is 2.50. The third-order valence-corrected chi connectivity index (χ3v) is 3.63. The second-order valence-electron chi connectivity index (χ2n) is 5.30. The van der Waals surface area contributed by atoms with Gasteiger partial charge in [0.05, 0.1) is 26.2 Å². The first-order valence-electron chi connectivity index (χ1n) is 7.24. The number of carbonyl (C=O) groups is 2. The molecular weight excluding hydrogens is 289 g/mol. The van der Waals surface area contributed by atoms with Crippen molar-refractivity contribution in [3.05, 3.63) is 30.1 Å². The van der Waals surface area contributed by atoms with Crippen molar-refractivity contribution in [3.63, 3.8) is 0 Å². The molecule has 1 fully saturated rings. The van der Waals surface area contributed by atoms with E-state index < -0.39 is 0 Å². The Morgan fingerprint density at radius 2 is 1.91 bits per heavy atom. The standard InChI is InChI=1S/C15H20FN3O3/c1-22-11-15(21)19-8-6-18(7-9-19)10-14(20)17-13-4-2-12(16)3-5-13/h2-5H,6-11H2,1H3,(H,17,20)/p+1. The Morgan fingerprint density at radius 1 is 1.27 bits per heavy atom. The van der Waals surface area contributed by atoms with E-state index in [9.17, 15) is 14.0 Å². The Labute approximate surface area is 128 Å². The van der Waals surface area contributed by atoms with E-state index in [2.05, 4.69) is 5.32 Å². The summed E-state index contributed by atoms with van der Waals surface area (Å²) < 4.78 is 17.6. The number of benzene rings is 1. The van der Waals surface area contributed by atoms with Gasteiger partial charge >= 0.3 is 0 Å². The van der Waals surface area contributed by atoms with Crippen molar-refractivity contribution in [1.82, 2.24) is 4.90 Å². The highest BCUT2D eigenvalue weighted by atomic mass is 19.1. The van der Waals surface area contributed by atoms with Crippen LogP contribution in [0.2, 0.25) is 0 Å². The van der Waals surface area contributed by atoms with E-state index in [-0.39, 0.29) is 24.2 Å². The van der Waals surface area contributed by atoms with Crippen LogP contribution in [0, 0.1) is 5.82 Å². The first-order valence-corrected chi connectivity index (χ1v) is 7.24. The molecule has 0 aliphatic carbocycles. The fourth-order valence-corrected chi connectivity index (χ4v) is 2.43. The summed E-state index contributed by atoms with van der Waals surface area (Å²) in [7, 11) is 1.50. The highest BCUT2D eigenvalue weighted by Gasteiger charge is 2.24. The van der Waals surface area contributed by atoms with Gasteiger partial charge in [0.1, 0.15) is 12.4 Å². The molecule has 1 aliphatic heterocycles. The molecule has 7 heteroatoms. The maximum absolute atomic E-state index is 12.8. The van der Waals surface area contributed by atoms with Gasteiger partial charge in [-0.15, -0.1) is 0 Å². The van der Waals surface area contributed by atoms with Crippen molar-refractivity contribution in [1.29, 1.82) is 0 Å². The number of amides is 2. The number of methoxy groups -OCH3 is 1. The Bertz CT molecular complexity index is 513. The van der Waals surface area contributed by atoms with Gasteiger partial charge < -0.3 is 19.9 Å². The molecule has 0 aromatic heterocycles. The lowest BCUT2D eigenvalue weighted by atomic mass is 10.3. The fourth-order valence-electron chi connectivity index (χ4n) is 2.43. The van der Waals surface area contributed by atoms with Crippen LogP contribution in [0.5, 0.6) is 0 Å². The molecule has 2 N–H and O–H groups in total. The van der Waals surface area contributed by atoms with Gasteiger partial charge in [-0.25, -0.2) is 4.39 Å². The summed E-state index contributed by atoms with van der Waals surface area (Å²) in [6, 6.07) is 5.68. The van der Waals surface area contributed by atoms with Gasteiger partial charge in [0.2, 0.25) is 5.91 Å². The SMILES string of the molecule is COCC(=O)N1CC[NH+](CC(=O)Nc2ccc(F)cc2)CC1. The largest absolute Gasteiger partial charge is 0.375 e. The van der Waals surface area contributed by atoms with Crippen LogP contribution < -0.4 is 10.2 Å². The quantitative estimate of drug-likeness (QED) is 0.744. The molecule has 2 rings (SSSR count). The van der Waals surface area contributed by atoms with Crippen molar-refractivity contribution >= 4 is 17.5 Å². The molecule has 0 radical (unpaired) electrons. The molecule has 1 saturated heterocycles. The van der Waals surface area contributed by atoms with Crippen LogP contribution in [0.1, 0.15) is 0 Å². The summed E-state index contributed by atoms with van der Waals surface area (Å²) in [5.41, 5.74) is 0.583. The summed E-state index contributed by atoms with van der Waals surface area (Å²) in [5, 5.41) is 2.74. The van der Waals surface area contributed by atoms with E-state index in [0.717, 1.165) is 18.0 Å². The number of ether oxygens (including phenoxy) is 1. The third-order valence-electron chi connectivity index (χ3n) is 3.63. The van der Waals surface area contributed by atoms with Crippen LogP contribution in [-0.4, -0.2) is 63.2 Å². The van der Waals surface area contributed by atoms with E-state index in [1.165, 1.54) is 31.4 Å². The lowest BCUT2D eigenvalue weighted by Gasteiger charge is -2.31. The van der Waals surface area contributed by atoms with Crippen LogP contribution in [0.3, 0.4) is 0 Å². The Morgan fingerprint density at radius 3 is 2.50 bits per heavy atom. The lowest BCUT2D eigenvalue weighted by molar-refractivity contribution is -0.895. The topological polar surface area (TPSA) is 63.1 Å². The van der Waals surface area contributed by atoms with Gasteiger partial charge in [-0.05, 0) is 24.3 Å². The van der Waals surface area contributed by atoms with E-state index in [4.69, 9.17) is 4.74 Å². The summed E-state index contributed by atoms with van der Waals surface area (Å²) in [6.07, 6.45) is 0. The number of halogens is 1. The molecule has 0 spiro atoms. The second-order valence-corrected chi connectivity index (χ2v) is 5.30. The van der Waals surface area contributed by atoms with Crippen LogP contribution in [0.25, 0.3) is 0 Å². The fraction of sp³-hybridized carbons (Fsp3) is 0.467. The zero-order chi connectivity index (χ0) is 15.9. The highest BCUT2D eigenvalue weighted by Crippen LogP contribution is 2.07. The second kappa shape index (κ2) is 7.86. The molecule has 0 unspecified atom stereocenters. The molecule has 0 saturated carbocycles. The molecule has 1 aromatic carbocycles. The first-order chi connectivity index (χ1) is 10.6. The number of hydrogen-bond acceptors (Lipinski definition) is 3. The Kier molecular flexibility index (Phi) is 5.85. The summed E-state index contributed by atoms with van der Waals surface area (Å²) in [4.78, 5) is 26.5. The number of piperazine rings is 1. The Balaban J connectivity index is 1.74. The number of quaternary nitrogens is 1. The van der Waals surface area contributed by atoms with Gasteiger partial charge in [0, 0.05) is 12.8 Å². The molecule has 1 heterocycles. The zero-order valence-corrected chi connectivity index (χ0v) is 12.6. The highest BCUT2D eigenvalue weighted by molar-refractivity contribution is 5.91.